The second-order valence-corrected chi connectivity index (χ2v) is 7.18. The summed E-state index contributed by atoms with van der Waals surface area (Å²) in [4.78, 5) is 15.6. The van der Waals surface area contributed by atoms with Gasteiger partial charge in [-0.05, 0) is 55.9 Å². The van der Waals surface area contributed by atoms with Crippen molar-refractivity contribution in [3.05, 3.63) is 35.4 Å². The van der Waals surface area contributed by atoms with Crippen LogP contribution in [0, 0.1) is 0 Å². The minimum atomic E-state index is -0.718. The van der Waals surface area contributed by atoms with Crippen molar-refractivity contribution in [2.75, 3.05) is 32.7 Å². The lowest BCUT2D eigenvalue weighted by Gasteiger charge is -2.37. The summed E-state index contributed by atoms with van der Waals surface area (Å²) in [5.74, 6) is -0.130. The van der Waals surface area contributed by atoms with Gasteiger partial charge in [-0.2, -0.15) is 0 Å². The fourth-order valence-electron chi connectivity index (χ4n) is 3.54. The van der Waals surface area contributed by atoms with E-state index in [0.717, 1.165) is 45.4 Å². The molecule has 4 nitrogen and oxygen atoms in total. The van der Waals surface area contributed by atoms with Crippen molar-refractivity contribution in [2.45, 2.75) is 52.0 Å². The zero-order valence-corrected chi connectivity index (χ0v) is 15.4. The number of carbonyl (C=O) groups is 1. The first kappa shape index (κ1) is 18.9. The van der Waals surface area contributed by atoms with E-state index in [1.54, 1.807) is 0 Å². The standard InChI is InChI=1S/C20H32N2O2/c1-4-22(15-20(23)24)19-10-13-21(14-11-19)12-9-17-5-7-18(8-6-17)16(2)3/h5-8,16,19H,4,9-15H2,1-3H3,(H,23,24). The number of piperidine rings is 1. The van der Waals surface area contributed by atoms with Gasteiger partial charge in [-0.3, -0.25) is 9.69 Å². The molecular formula is C20H32N2O2. The minimum Gasteiger partial charge on any atom is -0.480 e. The van der Waals surface area contributed by atoms with Crippen LogP contribution in [0.4, 0.5) is 0 Å². The lowest BCUT2D eigenvalue weighted by atomic mass is 10.00. The van der Waals surface area contributed by atoms with Crippen LogP contribution in [0.1, 0.15) is 50.7 Å². The molecule has 0 spiro atoms. The Kier molecular flexibility index (Phi) is 7.25. The number of nitrogens with zero attached hydrogens (tertiary/aromatic N) is 2. The summed E-state index contributed by atoms with van der Waals surface area (Å²) in [6, 6.07) is 9.43. The number of hydrogen-bond donors (Lipinski definition) is 1. The molecule has 1 aromatic rings. The molecule has 1 saturated heterocycles. The van der Waals surface area contributed by atoms with Gasteiger partial charge >= 0.3 is 5.97 Å². The number of benzene rings is 1. The Labute approximate surface area is 146 Å². The lowest BCUT2D eigenvalue weighted by Crippen LogP contribution is -2.46. The molecule has 4 heteroatoms. The summed E-state index contributed by atoms with van der Waals surface area (Å²) >= 11 is 0. The quantitative estimate of drug-likeness (QED) is 0.794. The van der Waals surface area contributed by atoms with Crippen molar-refractivity contribution < 1.29 is 9.90 Å². The Morgan fingerprint density at radius 1 is 1.25 bits per heavy atom. The predicted octanol–water partition coefficient (Wildman–Crippen LogP) is 3.22. The Morgan fingerprint density at radius 2 is 1.88 bits per heavy atom. The number of carboxylic acid groups (broad SMARTS) is 1. The molecule has 0 atom stereocenters. The smallest absolute Gasteiger partial charge is 0.317 e. The first-order valence-electron chi connectivity index (χ1n) is 9.26. The third-order valence-electron chi connectivity index (χ3n) is 5.18. The third kappa shape index (κ3) is 5.60. The summed E-state index contributed by atoms with van der Waals surface area (Å²) in [6.45, 7) is 10.7. The van der Waals surface area contributed by atoms with Gasteiger partial charge < -0.3 is 10.0 Å². The molecule has 0 bridgehead atoms. The normalized spacial score (nSPS) is 16.9. The maximum atomic E-state index is 10.9. The molecule has 0 unspecified atom stereocenters. The van der Waals surface area contributed by atoms with E-state index in [2.05, 4.69) is 54.8 Å². The van der Waals surface area contributed by atoms with E-state index in [1.807, 2.05) is 0 Å². The molecular weight excluding hydrogens is 300 g/mol. The number of hydrogen-bond acceptors (Lipinski definition) is 3. The van der Waals surface area contributed by atoms with Crippen molar-refractivity contribution in [1.82, 2.24) is 9.80 Å². The Hall–Kier alpha value is -1.39. The van der Waals surface area contributed by atoms with Crippen molar-refractivity contribution in [3.8, 4) is 0 Å². The van der Waals surface area contributed by atoms with Gasteiger partial charge in [0, 0.05) is 12.6 Å². The largest absolute Gasteiger partial charge is 0.480 e. The number of likely N-dealkylation sites (tertiary alicyclic amines) is 1. The van der Waals surface area contributed by atoms with Crippen LogP contribution in [-0.4, -0.2) is 59.6 Å². The van der Waals surface area contributed by atoms with Gasteiger partial charge in [0.15, 0.2) is 0 Å². The average molecular weight is 332 g/mol. The highest BCUT2D eigenvalue weighted by Gasteiger charge is 2.24. The third-order valence-corrected chi connectivity index (χ3v) is 5.18. The van der Waals surface area contributed by atoms with Crippen molar-refractivity contribution in [2.24, 2.45) is 0 Å². The first-order chi connectivity index (χ1) is 11.5. The van der Waals surface area contributed by atoms with Crippen LogP contribution in [0.3, 0.4) is 0 Å². The molecule has 134 valence electrons. The van der Waals surface area contributed by atoms with E-state index in [0.29, 0.717) is 12.0 Å². The fourth-order valence-corrected chi connectivity index (χ4v) is 3.54. The number of aliphatic carboxylic acids is 1. The molecule has 1 fully saturated rings. The summed E-state index contributed by atoms with van der Waals surface area (Å²) in [5, 5.41) is 9.01. The van der Waals surface area contributed by atoms with E-state index in [-0.39, 0.29) is 6.54 Å². The topological polar surface area (TPSA) is 43.8 Å². The van der Waals surface area contributed by atoms with Crippen LogP contribution in [0.25, 0.3) is 0 Å². The number of likely N-dealkylation sites (N-methyl/N-ethyl adjacent to an activating group) is 1. The number of rotatable bonds is 8. The summed E-state index contributed by atoms with van der Waals surface area (Å²) < 4.78 is 0. The SMILES string of the molecule is CCN(CC(=O)O)C1CCN(CCc2ccc(C(C)C)cc2)CC1. The van der Waals surface area contributed by atoms with Crippen molar-refractivity contribution >= 4 is 5.97 Å². The molecule has 2 rings (SSSR count). The van der Waals surface area contributed by atoms with Crippen LogP contribution in [-0.2, 0) is 11.2 Å². The van der Waals surface area contributed by atoms with Gasteiger partial charge in [-0.1, -0.05) is 45.0 Å². The molecule has 0 radical (unpaired) electrons. The molecule has 1 N–H and O–H groups in total. The van der Waals surface area contributed by atoms with Crippen LogP contribution in [0.2, 0.25) is 0 Å². The zero-order chi connectivity index (χ0) is 17.5. The second kappa shape index (κ2) is 9.19. The average Bonchev–Trinajstić information content (AvgIpc) is 2.58. The monoisotopic (exact) mass is 332 g/mol. The van der Waals surface area contributed by atoms with Crippen LogP contribution in [0.15, 0.2) is 24.3 Å². The molecule has 0 saturated carbocycles. The summed E-state index contributed by atoms with van der Waals surface area (Å²) in [6.07, 6.45) is 3.25. The number of carboxylic acids is 1. The predicted molar refractivity (Wildman–Crippen MR) is 98.6 cm³/mol. The molecule has 0 aromatic heterocycles. The van der Waals surface area contributed by atoms with Gasteiger partial charge in [0.05, 0.1) is 6.54 Å². The van der Waals surface area contributed by atoms with Gasteiger partial charge in [0.1, 0.15) is 0 Å². The Balaban J connectivity index is 1.75. The summed E-state index contributed by atoms with van der Waals surface area (Å²) in [5.41, 5.74) is 2.81. The van der Waals surface area contributed by atoms with E-state index in [4.69, 9.17) is 5.11 Å². The second-order valence-electron chi connectivity index (χ2n) is 7.18. The molecule has 0 aliphatic carbocycles. The van der Waals surface area contributed by atoms with E-state index < -0.39 is 5.97 Å². The molecule has 1 aliphatic heterocycles. The molecule has 0 amide bonds. The molecule has 24 heavy (non-hydrogen) atoms. The van der Waals surface area contributed by atoms with Gasteiger partial charge in [0.2, 0.25) is 0 Å². The van der Waals surface area contributed by atoms with Gasteiger partial charge in [0.25, 0.3) is 0 Å². The van der Waals surface area contributed by atoms with Crippen molar-refractivity contribution in [1.29, 1.82) is 0 Å². The van der Waals surface area contributed by atoms with E-state index in [1.165, 1.54) is 11.1 Å². The highest BCUT2D eigenvalue weighted by atomic mass is 16.4. The first-order valence-corrected chi connectivity index (χ1v) is 9.26. The van der Waals surface area contributed by atoms with E-state index >= 15 is 0 Å². The van der Waals surface area contributed by atoms with E-state index in [9.17, 15) is 4.79 Å². The van der Waals surface area contributed by atoms with Gasteiger partial charge in [-0.15, -0.1) is 0 Å². The molecule has 1 aliphatic rings. The molecule has 1 heterocycles. The highest BCUT2D eigenvalue weighted by molar-refractivity contribution is 5.69. The van der Waals surface area contributed by atoms with Crippen LogP contribution >= 0.6 is 0 Å². The Morgan fingerprint density at radius 3 is 2.38 bits per heavy atom. The van der Waals surface area contributed by atoms with Crippen LogP contribution in [0.5, 0.6) is 0 Å². The zero-order valence-electron chi connectivity index (χ0n) is 15.4. The highest BCUT2D eigenvalue weighted by Crippen LogP contribution is 2.18. The van der Waals surface area contributed by atoms with Crippen molar-refractivity contribution in [3.63, 3.8) is 0 Å². The minimum absolute atomic E-state index is 0.170. The fraction of sp³-hybridized carbons (Fsp3) is 0.650. The maximum Gasteiger partial charge on any atom is 0.317 e. The maximum absolute atomic E-state index is 10.9. The van der Waals surface area contributed by atoms with Crippen LogP contribution < -0.4 is 0 Å². The lowest BCUT2D eigenvalue weighted by molar-refractivity contribution is -0.139. The Bertz CT molecular complexity index is 505. The van der Waals surface area contributed by atoms with Gasteiger partial charge in [-0.25, -0.2) is 0 Å². The molecule has 1 aromatic carbocycles. The summed E-state index contributed by atoms with van der Waals surface area (Å²) in [7, 11) is 0.